The highest BCUT2D eigenvalue weighted by Gasteiger charge is 2.21. The zero-order chi connectivity index (χ0) is 37.5. The molecule has 0 saturated carbocycles. The Morgan fingerprint density at radius 2 is 0.930 bits per heavy atom. The number of aromatic nitrogens is 3. The molecule has 0 fully saturated rings. The van der Waals surface area contributed by atoms with Crippen molar-refractivity contribution in [1.29, 1.82) is 0 Å². The van der Waals surface area contributed by atoms with Crippen molar-refractivity contribution in [1.82, 2.24) is 13.7 Å². The first-order valence-electron chi connectivity index (χ1n) is 19.9. The maximum absolute atomic E-state index is 2.46. The lowest BCUT2D eigenvalue weighted by Crippen LogP contribution is -2.01. The van der Waals surface area contributed by atoms with E-state index in [9.17, 15) is 0 Å². The average Bonchev–Trinajstić information content (AvgIpc) is 3.92. The highest BCUT2D eigenvalue weighted by Crippen LogP contribution is 2.42. The van der Waals surface area contributed by atoms with Crippen LogP contribution < -0.4 is 0 Å². The van der Waals surface area contributed by atoms with Gasteiger partial charge in [-0.05, 0) is 89.9 Å². The number of allylic oxidation sites excluding steroid dienone is 4. The van der Waals surface area contributed by atoms with E-state index >= 15 is 0 Å². The molecule has 57 heavy (non-hydrogen) atoms. The van der Waals surface area contributed by atoms with Crippen LogP contribution in [0.15, 0.2) is 206 Å². The fourth-order valence-corrected chi connectivity index (χ4v) is 9.66. The number of benzene rings is 8. The van der Waals surface area contributed by atoms with E-state index in [0.717, 1.165) is 12.1 Å². The molecule has 0 spiro atoms. The lowest BCUT2D eigenvalue weighted by molar-refractivity contribution is 0.855. The molecule has 0 N–H and O–H groups in total. The first-order valence-corrected chi connectivity index (χ1v) is 19.9. The summed E-state index contributed by atoms with van der Waals surface area (Å²) in [5.41, 5.74) is 14.6. The second-order valence-corrected chi connectivity index (χ2v) is 15.3. The van der Waals surface area contributed by atoms with E-state index in [1.807, 2.05) is 0 Å². The molecule has 3 heteroatoms. The maximum atomic E-state index is 2.46. The Balaban J connectivity index is 1.04. The van der Waals surface area contributed by atoms with Crippen molar-refractivity contribution in [2.45, 2.75) is 12.3 Å². The second kappa shape index (κ2) is 12.6. The van der Waals surface area contributed by atoms with E-state index in [-0.39, 0.29) is 0 Å². The molecular weight excluding hydrogens is 691 g/mol. The number of rotatable bonds is 5. The number of hydrogen-bond donors (Lipinski definition) is 0. The largest absolute Gasteiger partial charge is 0.309 e. The molecule has 0 bridgehead atoms. The molecule has 0 radical (unpaired) electrons. The zero-order valence-electron chi connectivity index (χ0n) is 31.3. The molecule has 0 saturated heterocycles. The van der Waals surface area contributed by atoms with Crippen LogP contribution in [0.5, 0.6) is 0 Å². The van der Waals surface area contributed by atoms with Crippen LogP contribution in [0.3, 0.4) is 0 Å². The lowest BCUT2D eigenvalue weighted by Gasteiger charge is -2.19. The van der Waals surface area contributed by atoms with Gasteiger partial charge in [-0.3, -0.25) is 0 Å². The fourth-order valence-electron chi connectivity index (χ4n) is 9.66. The number of para-hydroxylation sites is 4. The van der Waals surface area contributed by atoms with Crippen molar-refractivity contribution >= 4 is 71.0 Å². The van der Waals surface area contributed by atoms with Crippen LogP contribution in [0.4, 0.5) is 0 Å². The Labute approximate surface area is 330 Å². The van der Waals surface area contributed by atoms with Crippen LogP contribution in [0.25, 0.3) is 88.1 Å². The van der Waals surface area contributed by atoms with Crippen molar-refractivity contribution in [2.24, 2.45) is 0 Å². The minimum atomic E-state index is 0.313. The summed E-state index contributed by atoms with van der Waals surface area (Å²) in [6, 6.07) is 69.0. The zero-order valence-corrected chi connectivity index (χ0v) is 31.3. The van der Waals surface area contributed by atoms with E-state index in [2.05, 4.69) is 220 Å². The fraction of sp³-hybridized carbons (Fsp3) is 0.0370. The van der Waals surface area contributed by atoms with Gasteiger partial charge in [-0.1, -0.05) is 140 Å². The topological polar surface area (TPSA) is 14.8 Å². The van der Waals surface area contributed by atoms with Gasteiger partial charge < -0.3 is 13.7 Å². The monoisotopic (exact) mass is 727 g/mol. The van der Waals surface area contributed by atoms with E-state index < -0.39 is 0 Å². The molecule has 0 aliphatic heterocycles. The Bertz CT molecular complexity index is 3390. The Hall–Kier alpha value is -7.36. The predicted octanol–water partition coefficient (Wildman–Crippen LogP) is 14.1. The first kappa shape index (κ1) is 31.9. The van der Waals surface area contributed by atoms with Crippen LogP contribution >= 0.6 is 0 Å². The van der Waals surface area contributed by atoms with Crippen LogP contribution in [0.1, 0.15) is 23.5 Å². The van der Waals surface area contributed by atoms with Crippen LogP contribution in [0, 0.1) is 0 Å². The lowest BCUT2D eigenvalue weighted by atomic mass is 9.87. The normalized spacial score (nSPS) is 14.5. The number of nitrogens with zero attached hydrogens (tertiary/aromatic N) is 3. The van der Waals surface area contributed by atoms with E-state index in [1.54, 1.807) is 0 Å². The summed E-state index contributed by atoms with van der Waals surface area (Å²) in [5.74, 6) is 0.313. The third-order valence-electron chi connectivity index (χ3n) is 12.1. The smallest absolute Gasteiger partial charge is 0.0562 e. The highest BCUT2D eigenvalue weighted by molar-refractivity contribution is 6.17. The molecule has 1 unspecified atom stereocenters. The molecule has 3 aromatic heterocycles. The van der Waals surface area contributed by atoms with Crippen molar-refractivity contribution in [3.8, 4) is 17.1 Å². The van der Waals surface area contributed by atoms with Crippen molar-refractivity contribution in [3.05, 3.63) is 217 Å². The Morgan fingerprint density at radius 3 is 1.67 bits per heavy atom. The third kappa shape index (κ3) is 4.85. The molecule has 3 nitrogen and oxygen atoms in total. The van der Waals surface area contributed by atoms with Gasteiger partial charge in [0.15, 0.2) is 0 Å². The van der Waals surface area contributed by atoms with Crippen LogP contribution in [0.2, 0.25) is 0 Å². The minimum absolute atomic E-state index is 0.313. The standard InChI is InChI=1S/C54H37N3/c1-2-15-36(16-3-1)37-17-12-18-38(33-37)39-19-13-20-40(34-39)55-47-25-8-6-23-44(47)46-35-41(31-32-51(46)55)56-50-28-11-7-24-45(50)54-52(56)29-14-30-53(54)57-48-26-9-4-21-42(48)43-22-5-10-27-49(43)57/h1-17,19-35,38H,18H2. The second-order valence-electron chi connectivity index (χ2n) is 15.3. The Kier molecular flexibility index (Phi) is 7.05. The molecule has 1 aliphatic rings. The van der Waals surface area contributed by atoms with Crippen LogP contribution in [-0.2, 0) is 0 Å². The van der Waals surface area contributed by atoms with Gasteiger partial charge in [-0.25, -0.2) is 0 Å². The van der Waals surface area contributed by atoms with Gasteiger partial charge in [-0.15, -0.1) is 0 Å². The molecule has 1 atom stereocenters. The summed E-state index contributed by atoms with van der Waals surface area (Å²) in [7, 11) is 0. The molecule has 3 heterocycles. The van der Waals surface area contributed by atoms with Crippen LogP contribution in [-0.4, -0.2) is 13.7 Å². The quantitative estimate of drug-likeness (QED) is 0.168. The van der Waals surface area contributed by atoms with E-state index in [4.69, 9.17) is 0 Å². The average molecular weight is 728 g/mol. The molecule has 1 aliphatic carbocycles. The molecule has 0 amide bonds. The first-order chi connectivity index (χ1) is 28.3. The number of hydrogen-bond acceptors (Lipinski definition) is 0. The molecule has 268 valence electrons. The van der Waals surface area contributed by atoms with Gasteiger partial charge in [0.25, 0.3) is 0 Å². The molecule has 8 aromatic carbocycles. The van der Waals surface area contributed by atoms with Gasteiger partial charge in [0.05, 0.1) is 38.8 Å². The summed E-state index contributed by atoms with van der Waals surface area (Å²) in [5, 5.41) is 7.52. The molecule has 11 aromatic rings. The third-order valence-corrected chi connectivity index (χ3v) is 12.1. The van der Waals surface area contributed by atoms with Gasteiger partial charge in [0.2, 0.25) is 0 Å². The van der Waals surface area contributed by atoms with Gasteiger partial charge in [-0.2, -0.15) is 0 Å². The number of fused-ring (bicyclic) bond motifs is 9. The van der Waals surface area contributed by atoms with Gasteiger partial charge in [0.1, 0.15) is 0 Å². The molecular formula is C54H37N3. The molecule has 12 rings (SSSR count). The predicted molar refractivity (Wildman–Crippen MR) is 240 cm³/mol. The van der Waals surface area contributed by atoms with E-state index in [1.165, 1.54) is 93.5 Å². The Morgan fingerprint density at radius 1 is 0.386 bits per heavy atom. The summed E-state index contributed by atoms with van der Waals surface area (Å²) in [6.45, 7) is 0. The van der Waals surface area contributed by atoms with Crippen molar-refractivity contribution < 1.29 is 0 Å². The van der Waals surface area contributed by atoms with Gasteiger partial charge >= 0.3 is 0 Å². The summed E-state index contributed by atoms with van der Waals surface area (Å²) < 4.78 is 7.36. The summed E-state index contributed by atoms with van der Waals surface area (Å²) in [6.07, 6.45) is 8.02. The SMILES string of the molecule is C1=CC(c2ccccc2)=CC(c2cccc(-n3c4ccccc4c4cc(-n5c6ccccc6c6c(-n7c8ccccc8c8ccccc87)cccc65)ccc43)c2)C1. The highest BCUT2D eigenvalue weighted by atomic mass is 15.0. The minimum Gasteiger partial charge on any atom is -0.309 e. The van der Waals surface area contributed by atoms with E-state index in [0.29, 0.717) is 5.92 Å². The summed E-state index contributed by atoms with van der Waals surface area (Å²) >= 11 is 0. The van der Waals surface area contributed by atoms with Gasteiger partial charge in [0, 0.05) is 49.6 Å². The van der Waals surface area contributed by atoms with Crippen molar-refractivity contribution in [2.75, 3.05) is 0 Å². The maximum Gasteiger partial charge on any atom is 0.0562 e. The van der Waals surface area contributed by atoms with Crippen molar-refractivity contribution in [3.63, 3.8) is 0 Å². The summed E-state index contributed by atoms with van der Waals surface area (Å²) in [4.78, 5) is 0.